The van der Waals surface area contributed by atoms with Crippen LogP contribution in [0.1, 0.15) is 25.8 Å². The minimum absolute atomic E-state index is 0.000190. The molecule has 1 aromatic rings. The number of likely N-dealkylation sites (tertiary alicyclic amines) is 1. The lowest BCUT2D eigenvalue weighted by atomic mass is 10.2. The molecule has 1 aliphatic rings. The lowest BCUT2D eigenvalue weighted by Crippen LogP contribution is -2.30. The van der Waals surface area contributed by atoms with Gasteiger partial charge in [0.1, 0.15) is 0 Å². The summed E-state index contributed by atoms with van der Waals surface area (Å²) in [5.74, 6) is 1.42. The van der Waals surface area contributed by atoms with Gasteiger partial charge in [0.2, 0.25) is 5.91 Å². The maximum atomic E-state index is 12.1. The molecule has 1 heterocycles. The van der Waals surface area contributed by atoms with Gasteiger partial charge in [0, 0.05) is 25.2 Å². The van der Waals surface area contributed by atoms with Crippen LogP contribution < -0.4 is 15.2 Å². The lowest BCUT2D eigenvalue weighted by Gasteiger charge is -2.13. The molecule has 1 fully saturated rings. The summed E-state index contributed by atoms with van der Waals surface area (Å²) in [6, 6.07) is 5.76. The van der Waals surface area contributed by atoms with Crippen LogP contribution in [0.15, 0.2) is 24.3 Å². The highest BCUT2D eigenvalue weighted by atomic mass is 16.5. The third-order valence-electron chi connectivity index (χ3n) is 3.52. The monoisotopic (exact) mass is 304 g/mol. The fraction of sp³-hybridized carbons (Fsp3) is 0.471. The summed E-state index contributed by atoms with van der Waals surface area (Å²) in [5, 5.41) is 0. The van der Waals surface area contributed by atoms with Crippen LogP contribution in [0.25, 0.3) is 6.08 Å². The summed E-state index contributed by atoms with van der Waals surface area (Å²) in [7, 11) is 0. The number of hydrogen-bond acceptors (Lipinski definition) is 4. The molecule has 22 heavy (non-hydrogen) atoms. The fourth-order valence-corrected chi connectivity index (χ4v) is 2.43. The third kappa shape index (κ3) is 4.24. The van der Waals surface area contributed by atoms with Gasteiger partial charge in [-0.05, 0) is 44.0 Å². The highest BCUT2D eigenvalue weighted by Crippen LogP contribution is 2.29. The van der Waals surface area contributed by atoms with E-state index in [9.17, 15) is 4.79 Å². The Morgan fingerprint density at radius 3 is 2.68 bits per heavy atom. The number of carbonyl (C=O) groups excluding carboxylic acids is 1. The van der Waals surface area contributed by atoms with Crippen molar-refractivity contribution < 1.29 is 14.3 Å². The Balaban J connectivity index is 2.06. The number of benzene rings is 1. The first-order valence-corrected chi connectivity index (χ1v) is 7.76. The van der Waals surface area contributed by atoms with Gasteiger partial charge >= 0.3 is 0 Å². The van der Waals surface area contributed by atoms with Crippen molar-refractivity contribution in [1.29, 1.82) is 0 Å². The predicted octanol–water partition coefficient (Wildman–Crippen LogP) is 2.06. The average Bonchev–Trinajstić information content (AvgIpc) is 2.94. The van der Waals surface area contributed by atoms with Gasteiger partial charge in [0.25, 0.3) is 0 Å². The lowest BCUT2D eigenvalue weighted by molar-refractivity contribution is -0.124. The van der Waals surface area contributed by atoms with Crippen molar-refractivity contribution >= 4 is 12.0 Å². The van der Waals surface area contributed by atoms with E-state index in [0.717, 1.165) is 24.3 Å². The van der Waals surface area contributed by atoms with Gasteiger partial charge in [-0.15, -0.1) is 0 Å². The molecule has 2 N–H and O–H groups in total. The Hall–Kier alpha value is -2.01. The highest BCUT2D eigenvalue weighted by Gasteiger charge is 2.21. The third-order valence-corrected chi connectivity index (χ3v) is 3.52. The van der Waals surface area contributed by atoms with Crippen LogP contribution in [0.4, 0.5) is 0 Å². The first-order chi connectivity index (χ1) is 10.6. The van der Waals surface area contributed by atoms with Gasteiger partial charge in [-0.1, -0.05) is 6.07 Å². The number of ether oxygens (including phenoxy) is 2. The van der Waals surface area contributed by atoms with Crippen LogP contribution in [0, 0.1) is 0 Å². The second-order valence-corrected chi connectivity index (χ2v) is 5.24. The molecule has 0 bridgehead atoms. The molecule has 1 aliphatic heterocycles. The number of hydrogen-bond donors (Lipinski definition) is 1. The minimum atomic E-state index is -0.000190. The zero-order chi connectivity index (χ0) is 15.9. The van der Waals surface area contributed by atoms with Gasteiger partial charge in [0.15, 0.2) is 11.5 Å². The van der Waals surface area contributed by atoms with Gasteiger partial charge in [-0.25, -0.2) is 0 Å². The van der Waals surface area contributed by atoms with Crippen molar-refractivity contribution in [1.82, 2.24) is 4.90 Å². The number of carbonyl (C=O) groups is 1. The maximum absolute atomic E-state index is 12.1. The van der Waals surface area contributed by atoms with E-state index in [4.69, 9.17) is 15.2 Å². The van der Waals surface area contributed by atoms with Gasteiger partial charge in [-0.3, -0.25) is 4.79 Å². The Kier molecular flexibility index (Phi) is 5.83. The average molecular weight is 304 g/mol. The van der Waals surface area contributed by atoms with Gasteiger partial charge < -0.3 is 20.1 Å². The van der Waals surface area contributed by atoms with E-state index in [1.54, 1.807) is 17.1 Å². The summed E-state index contributed by atoms with van der Waals surface area (Å²) in [5.41, 5.74) is 6.73. The molecule has 120 valence electrons. The van der Waals surface area contributed by atoms with Crippen LogP contribution in [0.3, 0.4) is 0 Å². The molecule has 1 atom stereocenters. The van der Waals surface area contributed by atoms with Gasteiger partial charge in [-0.2, -0.15) is 0 Å². The first kappa shape index (κ1) is 16.4. The zero-order valence-corrected chi connectivity index (χ0v) is 13.2. The van der Waals surface area contributed by atoms with Crippen molar-refractivity contribution in [2.45, 2.75) is 26.3 Å². The molecule has 5 heteroatoms. The fourth-order valence-electron chi connectivity index (χ4n) is 2.43. The molecule has 5 nitrogen and oxygen atoms in total. The minimum Gasteiger partial charge on any atom is -0.490 e. The molecule has 0 radical (unpaired) electrons. The first-order valence-electron chi connectivity index (χ1n) is 7.76. The van der Waals surface area contributed by atoms with Crippen molar-refractivity contribution in [2.24, 2.45) is 5.73 Å². The van der Waals surface area contributed by atoms with Crippen LogP contribution in [0.5, 0.6) is 11.5 Å². The van der Waals surface area contributed by atoms with Crippen LogP contribution in [-0.2, 0) is 4.79 Å². The normalized spacial score (nSPS) is 18.0. The number of rotatable bonds is 6. The molecule has 0 aliphatic carbocycles. The quantitative estimate of drug-likeness (QED) is 0.817. The van der Waals surface area contributed by atoms with Crippen molar-refractivity contribution in [3.8, 4) is 11.5 Å². The Morgan fingerprint density at radius 1 is 1.32 bits per heavy atom. The molecule has 0 aromatic heterocycles. The van der Waals surface area contributed by atoms with E-state index in [1.165, 1.54) is 0 Å². The summed E-state index contributed by atoms with van der Waals surface area (Å²) in [4.78, 5) is 13.8. The SMILES string of the molecule is CCOc1ccc(/C=C/C(=O)N2CCC(N)C2)cc1OCC. The number of nitrogens with zero attached hydrogens (tertiary/aromatic N) is 1. The topological polar surface area (TPSA) is 64.8 Å². The second kappa shape index (κ2) is 7.84. The molecule has 0 spiro atoms. The predicted molar refractivity (Wildman–Crippen MR) is 87.0 cm³/mol. The number of nitrogens with two attached hydrogens (primary N) is 1. The summed E-state index contributed by atoms with van der Waals surface area (Å²) in [6.45, 7) is 6.39. The largest absolute Gasteiger partial charge is 0.490 e. The van der Waals surface area contributed by atoms with E-state index in [1.807, 2.05) is 32.0 Å². The highest BCUT2D eigenvalue weighted by molar-refractivity contribution is 5.92. The summed E-state index contributed by atoms with van der Waals surface area (Å²) >= 11 is 0. The van der Waals surface area contributed by atoms with Crippen molar-refractivity contribution in [2.75, 3.05) is 26.3 Å². The molecule has 0 saturated carbocycles. The zero-order valence-electron chi connectivity index (χ0n) is 13.2. The van der Waals surface area contributed by atoms with E-state index in [-0.39, 0.29) is 11.9 Å². The molecule has 2 rings (SSSR count). The molecular formula is C17H24N2O3. The molecule has 1 amide bonds. The molecular weight excluding hydrogens is 280 g/mol. The Labute approximate surface area is 131 Å². The smallest absolute Gasteiger partial charge is 0.246 e. The Bertz CT molecular complexity index is 543. The summed E-state index contributed by atoms with van der Waals surface area (Å²) < 4.78 is 11.1. The van der Waals surface area contributed by atoms with Crippen molar-refractivity contribution in [3.05, 3.63) is 29.8 Å². The van der Waals surface area contributed by atoms with Crippen LogP contribution in [-0.4, -0.2) is 43.2 Å². The molecule has 1 unspecified atom stereocenters. The second-order valence-electron chi connectivity index (χ2n) is 5.24. The van der Waals surface area contributed by atoms with E-state index in [0.29, 0.717) is 25.5 Å². The van der Waals surface area contributed by atoms with Crippen molar-refractivity contribution in [3.63, 3.8) is 0 Å². The molecule has 1 aromatic carbocycles. The number of amides is 1. The Morgan fingerprint density at radius 2 is 2.05 bits per heavy atom. The van der Waals surface area contributed by atoms with Crippen LogP contribution >= 0.6 is 0 Å². The van der Waals surface area contributed by atoms with E-state index < -0.39 is 0 Å². The summed E-state index contributed by atoms with van der Waals surface area (Å²) in [6.07, 6.45) is 4.25. The van der Waals surface area contributed by atoms with E-state index in [2.05, 4.69) is 0 Å². The maximum Gasteiger partial charge on any atom is 0.246 e. The van der Waals surface area contributed by atoms with Crippen LogP contribution in [0.2, 0.25) is 0 Å². The molecule has 1 saturated heterocycles. The van der Waals surface area contributed by atoms with E-state index >= 15 is 0 Å². The standard InChI is InChI=1S/C17H24N2O3/c1-3-21-15-7-5-13(11-16(15)22-4-2)6-8-17(20)19-10-9-14(18)12-19/h5-8,11,14H,3-4,9-10,12,18H2,1-2H3/b8-6+. The van der Waals surface area contributed by atoms with Gasteiger partial charge in [0.05, 0.1) is 13.2 Å².